The highest BCUT2D eigenvalue weighted by atomic mass is 35.5. The van der Waals surface area contributed by atoms with E-state index >= 15 is 0 Å². The molecule has 0 atom stereocenters. The van der Waals surface area contributed by atoms with Gasteiger partial charge in [-0.2, -0.15) is 0 Å². The van der Waals surface area contributed by atoms with Crippen molar-refractivity contribution in [1.82, 2.24) is 0 Å². The van der Waals surface area contributed by atoms with Crippen LogP contribution in [0.15, 0.2) is 47.4 Å². The molecule has 0 saturated heterocycles. The summed E-state index contributed by atoms with van der Waals surface area (Å²) in [6.07, 6.45) is 0. The van der Waals surface area contributed by atoms with Crippen molar-refractivity contribution in [3.63, 3.8) is 0 Å². The number of hydrogen-bond acceptors (Lipinski definition) is 4. The van der Waals surface area contributed by atoms with Crippen LogP contribution in [0.5, 0.6) is 5.75 Å². The van der Waals surface area contributed by atoms with Crippen LogP contribution in [0.25, 0.3) is 0 Å². The summed E-state index contributed by atoms with van der Waals surface area (Å²) in [5.41, 5.74) is 0.846. The topological polar surface area (TPSA) is 52.4 Å². The molecule has 0 saturated carbocycles. The molecule has 0 bridgehead atoms. The number of nitrogens with zero attached hydrogens (tertiary/aromatic N) is 1. The fraction of sp³-hybridized carbons (Fsp3) is 0.143. The monoisotopic (exact) mass is 309 g/mol. The quantitative estimate of drug-likeness (QED) is 0.462. The molecule has 6 heteroatoms. The number of methoxy groups -OCH3 is 1. The highest BCUT2D eigenvalue weighted by Gasteiger charge is 2.15. The lowest BCUT2D eigenvalue weighted by molar-refractivity contribution is -0.385. The second-order valence-electron chi connectivity index (χ2n) is 4.01. The van der Waals surface area contributed by atoms with Crippen LogP contribution in [0.1, 0.15) is 5.56 Å². The smallest absolute Gasteiger partial charge is 0.311 e. The Morgan fingerprint density at radius 3 is 2.75 bits per heavy atom. The van der Waals surface area contributed by atoms with Gasteiger partial charge in [-0.3, -0.25) is 10.1 Å². The van der Waals surface area contributed by atoms with Gasteiger partial charge in [0, 0.05) is 21.7 Å². The molecular weight excluding hydrogens is 298 g/mol. The fourth-order valence-corrected chi connectivity index (χ4v) is 2.84. The van der Waals surface area contributed by atoms with Crippen LogP contribution in [-0.4, -0.2) is 12.0 Å². The third-order valence-electron chi connectivity index (χ3n) is 2.64. The first-order chi connectivity index (χ1) is 9.60. The Labute approximate surface area is 125 Å². The molecule has 0 aliphatic carbocycles. The summed E-state index contributed by atoms with van der Waals surface area (Å²) in [5.74, 6) is 0.900. The summed E-state index contributed by atoms with van der Waals surface area (Å²) in [6, 6.07) is 12.5. The number of hydrogen-bond donors (Lipinski definition) is 0. The summed E-state index contributed by atoms with van der Waals surface area (Å²) in [4.78, 5) is 11.5. The van der Waals surface area contributed by atoms with Crippen molar-refractivity contribution in [3.05, 3.63) is 63.2 Å². The zero-order valence-corrected chi connectivity index (χ0v) is 12.3. The molecule has 2 rings (SSSR count). The van der Waals surface area contributed by atoms with Crippen molar-refractivity contribution < 1.29 is 9.66 Å². The van der Waals surface area contributed by atoms with Crippen molar-refractivity contribution in [3.8, 4) is 5.75 Å². The lowest BCUT2D eigenvalue weighted by Crippen LogP contribution is -1.95. The molecule has 0 aromatic heterocycles. The van der Waals surface area contributed by atoms with Gasteiger partial charge in [-0.25, -0.2) is 0 Å². The number of ether oxygens (including phenoxy) is 1. The van der Waals surface area contributed by atoms with Crippen molar-refractivity contribution in [1.29, 1.82) is 0 Å². The van der Waals surface area contributed by atoms with E-state index in [2.05, 4.69) is 0 Å². The molecule has 20 heavy (non-hydrogen) atoms. The first-order valence-corrected chi connectivity index (χ1v) is 7.16. The lowest BCUT2D eigenvalue weighted by Gasteiger charge is -2.05. The second kappa shape index (κ2) is 6.63. The minimum absolute atomic E-state index is 0.0169. The molecule has 4 nitrogen and oxygen atoms in total. The number of nitro benzene ring substituents is 1. The molecular formula is C14H12ClNO3S. The molecule has 0 fully saturated rings. The lowest BCUT2D eigenvalue weighted by atomic mass is 10.2. The van der Waals surface area contributed by atoms with Crippen LogP contribution in [0.3, 0.4) is 0 Å². The van der Waals surface area contributed by atoms with Crippen molar-refractivity contribution >= 4 is 29.1 Å². The van der Waals surface area contributed by atoms with Gasteiger partial charge >= 0.3 is 5.69 Å². The van der Waals surface area contributed by atoms with Crippen LogP contribution in [0.2, 0.25) is 5.02 Å². The average Bonchev–Trinajstić information content (AvgIpc) is 2.45. The molecule has 0 radical (unpaired) electrons. The van der Waals surface area contributed by atoms with E-state index in [-0.39, 0.29) is 11.4 Å². The number of nitro groups is 1. The standard InChI is InChI=1S/C14H12ClNO3S/c1-19-14-6-5-10(7-13(14)16(17)18)9-20-12-4-2-3-11(15)8-12/h2-8H,9H2,1H3. The maximum absolute atomic E-state index is 11.0. The Balaban J connectivity index is 2.14. The summed E-state index contributed by atoms with van der Waals surface area (Å²) in [6.45, 7) is 0. The first kappa shape index (κ1) is 14.7. The number of benzene rings is 2. The normalized spacial score (nSPS) is 10.3. The van der Waals surface area contributed by atoms with E-state index in [4.69, 9.17) is 16.3 Å². The van der Waals surface area contributed by atoms with E-state index in [1.807, 2.05) is 30.3 Å². The zero-order valence-electron chi connectivity index (χ0n) is 10.7. The van der Waals surface area contributed by atoms with Gasteiger partial charge in [0.05, 0.1) is 12.0 Å². The SMILES string of the molecule is COc1ccc(CSc2cccc(Cl)c2)cc1[N+](=O)[O-]. The molecule has 0 amide bonds. The van der Waals surface area contributed by atoms with Crippen molar-refractivity contribution in [2.75, 3.05) is 7.11 Å². The van der Waals surface area contributed by atoms with Gasteiger partial charge in [-0.05, 0) is 29.8 Å². The number of rotatable bonds is 5. The van der Waals surface area contributed by atoms with Crippen molar-refractivity contribution in [2.45, 2.75) is 10.6 Å². The molecule has 104 valence electrons. The Morgan fingerprint density at radius 2 is 2.10 bits per heavy atom. The number of halogens is 1. The summed E-state index contributed by atoms with van der Waals surface area (Å²) in [5, 5.41) is 11.6. The van der Waals surface area contributed by atoms with E-state index in [1.165, 1.54) is 13.2 Å². The zero-order chi connectivity index (χ0) is 14.5. The van der Waals surface area contributed by atoms with E-state index < -0.39 is 4.92 Å². The van der Waals surface area contributed by atoms with Gasteiger partial charge in [-0.1, -0.05) is 23.7 Å². The maximum atomic E-state index is 11.0. The minimum Gasteiger partial charge on any atom is -0.490 e. The van der Waals surface area contributed by atoms with E-state index in [0.29, 0.717) is 10.8 Å². The average molecular weight is 310 g/mol. The van der Waals surface area contributed by atoms with Crippen LogP contribution >= 0.6 is 23.4 Å². The highest BCUT2D eigenvalue weighted by Crippen LogP contribution is 2.31. The fourth-order valence-electron chi connectivity index (χ4n) is 1.69. The van der Waals surface area contributed by atoms with Gasteiger partial charge in [0.25, 0.3) is 0 Å². The Morgan fingerprint density at radius 1 is 1.30 bits per heavy atom. The van der Waals surface area contributed by atoms with Gasteiger partial charge in [0.1, 0.15) is 0 Å². The second-order valence-corrected chi connectivity index (χ2v) is 5.49. The third-order valence-corrected chi connectivity index (χ3v) is 3.94. The molecule has 0 aliphatic rings. The molecule has 0 heterocycles. The predicted molar refractivity (Wildman–Crippen MR) is 80.7 cm³/mol. The van der Waals surface area contributed by atoms with E-state index in [1.54, 1.807) is 17.8 Å². The Hall–Kier alpha value is -1.72. The molecule has 2 aromatic rings. The van der Waals surface area contributed by atoms with Crippen LogP contribution in [0, 0.1) is 10.1 Å². The third kappa shape index (κ3) is 3.65. The first-order valence-electron chi connectivity index (χ1n) is 5.80. The summed E-state index contributed by atoms with van der Waals surface area (Å²) < 4.78 is 4.97. The van der Waals surface area contributed by atoms with Crippen LogP contribution in [-0.2, 0) is 5.75 Å². The van der Waals surface area contributed by atoms with Crippen LogP contribution < -0.4 is 4.74 Å². The maximum Gasteiger partial charge on any atom is 0.311 e. The summed E-state index contributed by atoms with van der Waals surface area (Å²) in [7, 11) is 1.42. The molecule has 2 aromatic carbocycles. The molecule has 0 unspecified atom stereocenters. The van der Waals surface area contributed by atoms with Gasteiger partial charge in [0.2, 0.25) is 0 Å². The summed E-state index contributed by atoms with van der Waals surface area (Å²) >= 11 is 7.49. The van der Waals surface area contributed by atoms with E-state index in [0.717, 1.165) is 10.5 Å². The Kier molecular flexibility index (Phi) is 4.87. The largest absolute Gasteiger partial charge is 0.490 e. The molecule has 0 aliphatic heterocycles. The van der Waals surface area contributed by atoms with Gasteiger partial charge in [-0.15, -0.1) is 11.8 Å². The predicted octanol–water partition coefficient (Wildman–Crippen LogP) is 4.55. The highest BCUT2D eigenvalue weighted by molar-refractivity contribution is 7.98. The molecule has 0 spiro atoms. The van der Waals surface area contributed by atoms with Crippen LogP contribution in [0.4, 0.5) is 5.69 Å². The van der Waals surface area contributed by atoms with E-state index in [9.17, 15) is 10.1 Å². The van der Waals surface area contributed by atoms with Gasteiger partial charge in [0.15, 0.2) is 5.75 Å². The van der Waals surface area contributed by atoms with Gasteiger partial charge < -0.3 is 4.74 Å². The molecule has 0 N–H and O–H groups in total. The van der Waals surface area contributed by atoms with Crippen molar-refractivity contribution in [2.24, 2.45) is 0 Å². The minimum atomic E-state index is -0.438. The Bertz CT molecular complexity index is 634. The number of thioether (sulfide) groups is 1.